The predicted molar refractivity (Wildman–Crippen MR) is 76.5 cm³/mol. The molecular weight excluding hydrogens is 275 g/mol. The standard InChI is InChI=1S/C13H14BBrN2/c1-13(2,9-5-3-7-11(14)16-9)10-6-4-8-12(15)17-10/h3-8H,14H2,1-2H3. The van der Waals surface area contributed by atoms with Gasteiger partial charge < -0.3 is 0 Å². The zero-order valence-corrected chi connectivity index (χ0v) is 11.8. The zero-order valence-electron chi connectivity index (χ0n) is 10.2. The maximum atomic E-state index is 4.60. The van der Waals surface area contributed by atoms with Gasteiger partial charge in [-0.15, -0.1) is 0 Å². The van der Waals surface area contributed by atoms with E-state index in [2.05, 4.69) is 45.8 Å². The monoisotopic (exact) mass is 288 g/mol. The van der Waals surface area contributed by atoms with E-state index in [1.807, 2.05) is 38.2 Å². The third-order valence-electron chi connectivity index (χ3n) is 2.88. The summed E-state index contributed by atoms with van der Waals surface area (Å²) in [6, 6.07) is 12.1. The Balaban J connectivity index is 2.49. The van der Waals surface area contributed by atoms with Crippen LogP contribution in [0.3, 0.4) is 0 Å². The molecule has 2 nitrogen and oxygen atoms in total. The molecule has 2 rings (SSSR count). The van der Waals surface area contributed by atoms with E-state index in [1.54, 1.807) is 0 Å². The molecule has 4 heteroatoms. The highest BCUT2D eigenvalue weighted by Crippen LogP contribution is 2.28. The average molecular weight is 289 g/mol. The van der Waals surface area contributed by atoms with Crippen LogP contribution in [0.2, 0.25) is 0 Å². The van der Waals surface area contributed by atoms with Gasteiger partial charge in [0, 0.05) is 5.41 Å². The summed E-state index contributed by atoms with van der Waals surface area (Å²) >= 11 is 3.41. The normalized spacial score (nSPS) is 11.5. The van der Waals surface area contributed by atoms with Crippen LogP contribution in [-0.4, -0.2) is 17.8 Å². The summed E-state index contributed by atoms with van der Waals surface area (Å²) in [6.45, 7) is 4.28. The second-order valence-electron chi connectivity index (χ2n) is 4.63. The molecule has 17 heavy (non-hydrogen) atoms. The molecule has 0 aliphatic rings. The number of hydrogen-bond donors (Lipinski definition) is 0. The Morgan fingerprint density at radius 3 is 2.18 bits per heavy atom. The maximum Gasteiger partial charge on any atom is 0.163 e. The van der Waals surface area contributed by atoms with E-state index >= 15 is 0 Å². The Kier molecular flexibility index (Phi) is 3.34. The number of hydrogen-bond acceptors (Lipinski definition) is 2. The molecule has 0 aliphatic heterocycles. The summed E-state index contributed by atoms with van der Waals surface area (Å²) in [5.74, 6) is 0. The Labute approximate surface area is 111 Å². The molecule has 2 aromatic rings. The van der Waals surface area contributed by atoms with Crippen molar-refractivity contribution in [2.75, 3.05) is 0 Å². The number of nitrogens with zero attached hydrogens (tertiary/aromatic N) is 2. The summed E-state index contributed by atoms with van der Waals surface area (Å²) in [5.41, 5.74) is 2.91. The fourth-order valence-corrected chi connectivity index (χ4v) is 2.12. The van der Waals surface area contributed by atoms with Crippen LogP contribution in [0.5, 0.6) is 0 Å². The molecule has 0 aliphatic carbocycles. The molecule has 0 bridgehead atoms. The third kappa shape index (κ3) is 2.57. The molecule has 0 spiro atoms. The van der Waals surface area contributed by atoms with Crippen molar-refractivity contribution in [3.8, 4) is 0 Å². The second kappa shape index (κ2) is 4.61. The lowest BCUT2D eigenvalue weighted by atomic mass is 9.84. The van der Waals surface area contributed by atoms with Crippen LogP contribution in [0, 0.1) is 0 Å². The zero-order chi connectivity index (χ0) is 12.5. The van der Waals surface area contributed by atoms with Crippen LogP contribution in [-0.2, 0) is 5.41 Å². The Hall–Kier alpha value is -1.16. The van der Waals surface area contributed by atoms with Gasteiger partial charge in [-0.2, -0.15) is 0 Å². The fourth-order valence-electron chi connectivity index (χ4n) is 1.78. The van der Waals surface area contributed by atoms with Gasteiger partial charge in [0.15, 0.2) is 7.85 Å². The molecule has 0 fully saturated rings. The summed E-state index contributed by atoms with van der Waals surface area (Å²) < 4.78 is 0.857. The lowest BCUT2D eigenvalue weighted by Crippen LogP contribution is -2.25. The molecule has 0 atom stereocenters. The van der Waals surface area contributed by atoms with Crippen LogP contribution in [0.15, 0.2) is 41.0 Å². The highest BCUT2D eigenvalue weighted by atomic mass is 79.9. The van der Waals surface area contributed by atoms with E-state index in [1.165, 1.54) is 0 Å². The van der Waals surface area contributed by atoms with Gasteiger partial charge in [0.25, 0.3) is 0 Å². The summed E-state index contributed by atoms with van der Waals surface area (Å²) in [6.07, 6.45) is 0. The van der Waals surface area contributed by atoms with Crippen molar-refractivity contribution < 1.29 is 0 Å². The van der Waals surface area contributed by atoms with Gasteiger partial charge >= 0.3 is 0 Å². The summed E-state index contributed by atoms with van der Waals surface area (Å²) in [7, 11) is 2.01. The van der Waals surface area contributed by atoms with Gasteiger partial charge in [0.05, 0.1) is 11.4 Å². The molecule has 0 unspecified atom stereocenters. The molecule has 2 heterocycles. The van der Waals surface area contributed by atoms with Crippen molar-refractivity contribution in [2.45, 2.75) is 19.3 Å². The predicted octanol–water partition coefficient (Wildman–Crippen LogP) is 1.82. The largest absolute Gasteiger partial charge is 0.268 e. The highest BCUT2D eigenvalue weighted by molar-refractivity contribution is 9.10. The van der Waals surface area contributed by atoms with E-state index in [4.69, 9.17) is 0 Å². The van der Waals surface area contributed by atoms with Crippen molar-refractivity contribution >= 4 is 29.4 Å². The maximum absolute atomic E-state index is 4.60. The smallest absolute Gasteiger partial charge is 0.163 e. The highest BCUT2D eigenvalue weighted by Gasteiger charge is 2.26. The minimum Gasteiger partial charge on any atom is -0.268 e. The number of aromatic nitrogens is 2. The minimum absolute atomic E-state index is 0.185. The van der Waals surface area contributed by atoms with Gasteiger partial charge in [0.1, 0.15) is 4.60 Å². The van der Waals surface area contributed by atoms with E-state index < -0.39 is 0 Å². The van der Waals surface area contributed by atoms with E-state index in [-0.39, 0.29) is 5.41 Å². The molecule has 0 radical (unpaired) electrons. The molecule has 0 saturated heterocycles. The van der Waals surface area contributed by atoms with Gasteiger partial charge in [-0.3, -0.25) is 4.98 Å². The molecule has 0 N–H and O–H groups in total. The first-order valence-corrected chi connectivity index (χ1v) is 6.36. The number of halogens is 1. The minimum atomic E-state index is -0.185. The first-order valence-electron chi connectivity index (χ1n) is 5.57. The van der Waals surface area contributed by atoms with Crippen molar-refractivity contribution in [1.82, 2.24) is 9.97 Å². The number of pyridine rings is 2. The number of rotatable bonds is 2. The van der Waals surface area contributed by atoms with Gasteiger partial charge in [0.2, 0.25) is 0 Å². The van der Waals surface area contributed by atoms with E-state index in [9.17, 15) is 0 Å². The molecule has 0 saturated carbocycles. The first-order chi connectivity index (χ1) is 8.00. The Bertz CT molecular complexity index is 493. The van der Waals surface area contributed by atoms with Crippen molar-refractivity contribution in [3.05, 3.63) is 52.4 Å². The third-order valence-corrected chi connectivity index (χ3v) is 3.33. The summed E-state index contributed by atoms with van der Waals surface area (Å²) in [5, 5.41) is 0. The van der Waals surface area contributed by atoms with Crippen LogP contribution in [0.1, 0.15) is 25.2 Å². The van der Waals surface area contributed by atoms with Crippen LogP contribution in [0.25, 0.3) is 0 Å². The van der Waals surface area contributed by atoms with Crippen molar-refractivity contribution in [2.24, 2.45) is 0 Å². The lowest BCUT2D eigenvalue weighted by Gasteiger charge is -2.24. The van der Waals surface area contributed by atoms with Gasteiger partial charge in [-0.25, -0.2) is 4.98 Å². The van der Waals surface area contributed by atoms with Crippen molar-refractivity contribution in [1.29, 1.82) is 0 Å². The summed E-state index contributed by atoms with van der Waals surface area (Å²) in [4.78, 5) is 9.12. The molecule has 86 valence electrons. The Morgan fingerprint density at radius 2 is 1.59 bits per heavy atom. The van der Waals surface area contributed by atoms with Crippen LogP contribution < -0.4 is 5.59 Å². The van der Waals surface area contributed by atoms with E-state index in [0.717, 1.165) is 21.6 Å². The Morgan fingerprint density at radius 1 is 1.00 bits per heavy atom. The first kappa shape index (κ1) is 12.3. The van der Waals surface area contributed by atoms with Crippen molar-refractivity contribution in [3.63, 3.8) is 0 Å². The van der Waals surface area contributed by atoms with Gasteiger partial charge in [-0.05, 0) is 53.6 Å². The van der Waals surface area contributed by atoms with Gasteiger partial charge in [-0.1, -0.05) is 18.2 Å². The van der Waals surface area contributed by atoms with Crippen LogP contribution >= 0.6 is 15.9 Å². The second-order valence-corrected chi connectivity index (χ2v) is 5.45. The van der Waals surface area contributed by atoms with E-state index in [0.29, 0.717) is 0 Å². The van der Waals surface area contributed by atoms with Crippen LogP contribution in [0.4, 0.5) is 0 Å². The topological polar surface area (TPSA) is 25.8 Å². The molecule has 0 aromatic carbocycles. The lowest BCUT2D eigenvalue weighted by molar-refractivity contribution is 0.595. The quantitative estimate of drug-likeness (QED) is 0.622. The fraction of sp³-hybridized carbons (Fsp3) is 0.231. The SMILES string of the molecule is Bc1cccc(C(C)(C)c2cccc(Br)n2)n1. The molecule has 0 amide bonds. The average Bonchev–Trinajstić information content (AvgIpc) is 2.29. The molecule has 2 aromatic heterocycles. The molecular formula is C13H14BBrN2.